The molecule has 0 bridgehead atoms. The Balaban J connectivity index is 1.57. The van der Waals surface area contributed by atoms with Gasteiger partial charge in [0.05, 0.1) is 44.7 Å². The van der Waals surface area contributed by atoms with Gasteiger partial charge in [-0.2, -0.15) is 0 Å². The van der Waals surface area contributed by atoms with Gasteiger partial charge >= 0.3 is 5.97 Å². The maximum atomic E-state index is 12.9. The molecule has 1 aliphatic heterocycles. The second kappa shape index (κ2) is 15.2. The van der Waals surface area contributed by atoms with Crippen LogP contribution in [0, 0.1) is 12.3 Å². The van der Waals surface area contributed by atoms with E-state index in [1.54, 1.807) is 12.1 Å². The van der Waals surface area contributed by atoms with Crippen molar-refractivity contribution in [2.75, 3.05) is 79.3 Å². The zero-order valence-corrected chi connectivity index (χ0v) is 25.5. The fourth-order valence-corrected chi connectivity index (χ4v) is 4.70. The first-order valence-corrected chi connectivity index (χ1v) is 14.2. The van der Waals surface area contributed by atoms with Gasteiger partial charge in [0, 0.05) is 60.5 Å². The Morgan fingerprint density at radius 2 is 1.64 bits per heavy atom. The third kappa shape index (κ3) is 7.82. The number of carboxylic acids is 1. The molecule has 2 N–H and O–H groups in total. The number of carbonyl (C=O) groups excluding carboxylic acids is 1. The molecule has 0 saturated carbocycles. The van der Waals surface area contributed by atoms with Crippen LogP contribution in [0.1, 0.15) is 20.7 Å². The lowest BCUT2D eigenvalue weighted by atomic mass is 9.89. The monoisotopic (exact) mass is 600 g/mol. The second-order valence-corrected chi connectivity index (χ2v) is 10.4. The summed E-state index contributed by atoms with van der Waals surface area (Å²) in [4.78, 5) is 27.5. The highest BCUT2D eigenvalue weighted by molar-refractivity contribution is 6.09. The molecule has 0 atom stereocenters. The normalized spacial score (nSPS) is 11.0. The van der Waals surface area contributed by atoms with E-state index in [1.807, 2.05) is 74.1 Å². The number of rotatable bonds is 14. The van der Waals surface area contributed by atoms with Crippen molar-refractivity contribution in [2.45, 2.75) is 0 Å². The van der Waals surface area contributed by atoms with Crippen LogP contribution in [0.3, 0.4) is 0 Å². The van der Waals surface area contributed by atoms with Gasteiger partial charge in [-0.25, -0.2) is 9.37 Å². The van der Waals surface area contributed by atoms with Crippen molar-refractivity contribution in [3.05, 3.63) is 71.1 Å². The summed E-state index contributed by atoms with van der Waals surface area (Å²) in [5.74, 6) is 1.47. The second-order valence-electron chi connectivity index (χ2n) is 10.4. The van der Waals surface area contributed by atoms with Gasteiger partial charge in [0.15, 0.2) is 0 Å². The van der Waals surface area contributed by atoms with Crippen molar-refractivity contribution in [3.63, 3.8) is 0 Å². The summed E-state index contributed by atoms with van der Waals surface area (Å²) in [5.41, 5.74) is 3.79. The number of terminal acetylenes is 1. The quantitative estimate of drug-likeness (QED) is 0.0980. The predicted molar refractivity (Wildman–Crippen MR) is 170 cm³/mol. The van der Waals surface area contributed by atoms with Gasteiger partial charge in [0.25, 0.3) is 5.91 Å². The molecular formula is C34H38N3O7+. The molecule has 4 rings (SSSR count). The van der Waals surface area contributed by atoms with Crippen molar-refractivity contribution in [2.24, 2.45) is 0 Å². The van der Waals surface area contributed by atoms with Gasteiger partial charge in [-0.05, 0) is 35.9 Å². The minimum absolute atomic E-state index is 0.0134. The lowest BCUT2D eigenvalue weighted by Crippen LogP contribution is -2.28. The molecule has 0 saturated heterocycles. The number of carboxylic acid groups (broad SMARTS) is 1. The van der Waals surface area contributed by atoms with E-state index in [0.717, 1.165) is 27.6 Å². The minimum atomic E-state index is -1.14. The molecule has 10 nitrogen and oxygen atoms in total. The third-order valence-electron chi connectivity index (χ3n) is 6.96. The van der Waals surface area contributed by atoms with Gasteiger partial charge in [0.2, 0.25) is 5.36 Å². The maximum Gasteiger partial charge on any atom is 0.336 e. The molecule has 0 radical (unpaired) electrons. The molecular weight excluding hydrogens is 562 g/mol. The zero-order chi connectivity index (χ0) is 31.6. The van der Waals surface area contributed by atoms with E-state index in [1.165, 1.54) is 6.07 Å². The molecule has 0 unspecified atom stereocenters. The van der Waals surface area contributed by atoms with E-state index in [-0.39, 0.29) is 30.9 Å². The van der Waals surface area contributed by atoms with E-state index in [2.05, 4.69) is 11.2 Å². The van der Waals surface area contributed by atoms with Crippen molar-refractivity contribution >= 4 is 28.5 Å². The molecule has 230 valence electrons. The number of benzene rings is 3. The summed E-state index contributed by atoms with van der Waals surface area (Å²) in [6, 6.07) is 16.4. The first kappa shape index (κ1) is 32.2. The van der Waals surface area contributed by atoms with Crippen LogP contribution >= 0.6 is 0 Å². The molecule has 44 heavy (non-hydrogen) atoms. The Hall–Kier alpha value is -4.69. The lowest BCUT2D eigenvalue weighted by Gasteiger charge is -2.19. The molecule has 1 amide bonds. The zero-order valence-electron chi connectivity index (χ0n) is 25.5. The number of nitrogens with zero attached hydrogens (tertiary/aromatic N) is 2. The highest BCUT2D eigenvalue weighted by atomic mass is 16.5. The molecule has 1 aliphatic carbocycles. The Labute approximate surface area is 256 Å². The van der Waals surface area contributed by atoms with Gasteiger partial charge in [-0.1, -0.05) is 12.0 Å². The number of carbonyl (C=O) groups is 2. The third-order valence-corrected chi connectivity index (χ3v) is 6.96. The first-order valence-electron chi connectivity index (χ1n) is 14.2. The van der Waals surface area contributed by atoms with Crippen LogP contribution in [0.4, 0.5) is 5.69 Å². The highest BCUT2D eigenvalue weighted by Crippen LogP contribution is 2.42. The standard InChI is InChI=1S/C34H37N3O7/c1-6-14-41-16-18-43-19-17-42-15-13-35-33(38)23-7-10-26(29(20-23)34(39)40)32-27-11-8-24(36(2)3)21-30(27)44-31-22-25(37(4)5)9-12-28(31)32/h1,7-12,20-22H,13-19H2,2-5H3,(H-,35,38,39,40)/p+1. The van der Waals surface area contributed by atoms with Crippen molar-refractivity contribution in [3.8, 4) is 34.8 Å². The summed E-state index contributed by atoms with van der Waals surface area (Å²) in [6.45, 7) is 2.37. The number of nitrogens with one attached hydrogen (secondary N) is 1. The predicted octanol–water partition coefficient (Wildman–Crippen LogP) is 3.41. The van der Waals surface area contributed by atoms with Gasteiger partial charge < -0.3 is 34.0 Å². The number of aromatic carboxylic acids is 1. The van der Waals surface area contributed by atoms with Crippen LogP contribution in [0.2, 0.25) is 0 Å². The number of ether oxygens (including phenoxy) is 3. The van der Waals surface area contributed by atoms with Gasteiger partial charge in [0.1, 0.15) is 32.0 Å². The van der Waals surface area contributed by atoms with Crippen LogP contribution < -0.4 is 20.1 Å². The van der Waals surface area contributed by atoms with Gasteiger partial charge in [-0.15, -0.1) is 6.42 Å². The molecule has 1 heterocycles. The molecule has 2 aliphatic rings. The average molecular weight is 601 g/mol. The van der Waals surface area contributed by atoms with E-state index >= 15 is 0 Å². The van der Waals surface area contributed by atoms with Crippen LogP contribution in [-0.4, -0.2) is 91.4 Å². The fraction of sp³-hybridized carbons (Fsp3) is 0.324. The van der Waals surface area contributed by atoms with Crippen LogP contribution in [0.5, 0.6) is 0 Å². The number of anilines is 1. The minimum Gasteiger partial charge on any atom is -0.478 e. The summed E-state index contributed by atoms with van der Waals surface area (Å²) in [7, 11) is 7.78. The Kier molecular flexibility index (Phi) is 11.1. The number of amides is 1. The molecule has 2 aromatic rings. The molecule has 0 fully saturated rings. The molecule has 10 heteroatoms. The van der Waals surface area contributed by atoms with Crippen molar-refractivity contribution in [1.29, 1.82) is 0 Å². The largest absolute Gasteiger partial charge is 0.478 e. The number of fused-ring (bicyclic) bond motifs is 2. The van der Waals surface area contributed by atoms with Gasteiger partial charge in [-0.3, -0.25) is 4.79 Å². The summed E-state index contributed by atoms with van der Waals surface area (Å²) in [6.07, 6.45) is 5.11. The topological polar surface area (TPSA) is 113 Å². The number of hydrogen-bond acceptors (Lipinski definition) is 7. The van der Waals surface area contributed by atoms with E-state index < -0.39 is 11.9 Å². The van der Waals surface area contributed by atoms with Crippen LogP contribution in [-0.2, 0) is 14.2 Å². The lowest BCUT2D eigenvalue weighted by molar-refractivity contribution is 0.0209. The molecule has 2 aromatic carbocycles. The van der Waals surface area contributed by atoms with Crippen LogP contribution in [0.25, 0.3) is 33.4 Å². The van der Waals surface area contributed by atoms with E-state index in [4.69, 9.17) is 25.1 Å². The Bertz CT molecular complexity index is 1710. The first-order chi connectivity index (χ1) is 21.2. The molecule has 0 spiro atoms. The Morgan fingerprint density at radius 3 is 2.32 bits per heavy atom. The average Bonchev–Trinajstić information content (AvgIpc) is 3.01. The van der Waals surface area contributed by atoms with E-state index in [9.17, 15) is 14.7 Å². The summed E-state index contributed by atoms with van der Waals surface area (Å²) < 4.78 is 24.3. The SMILES string of the molecule is C#CCOCCOCCOCCNC(=O)c1ccc(-c2c3ccc(=[N+](C)C)cc-3oc3cc(N(C)C)ccc23)c(C(=O)O)c1. The Morgan fingerprint density at radius 1 is 0.932 bits per heavy atom. The summed E-state index contributed by atoms with van der Waals surface area (Å²) >= 11 is 0. The maximum absolute atomic E-state index is 12.9. The van der Waals surface area contributed by atoms with Crippen LogP contribution in [0.15, 0.2) is 59.0 Å². The van der Waals surface area contributed by atoms with Crippen molar-refractivity contribution in [1.82, 2.24) is 9.89 Å². The smallest absolute Gasteiger partial charge is 0.336 e. The number of hydrogen-bond donors (Lipinski definition) is 2. The summed E-state index contributed by atoms with van der Waals surface area (Å²) in [5, 5.41) is 14.8. The fourth-order valence-electron chi connectivity index (χ4n) is 4.70. The van der Waals surface area contributed by atoms with E-state index in [0.29, 0.717) is 43.3 Å². The molecule has 0 aromatic heterocycles. The highest BCUT2D eigenvalue weighted by Gasteiger charge is 2.23. The van der Waals surface area contributed by atoms with Crippen molar-refractivity contribution < 1.29 is 33.3 Å².